The van der Waals surface area contributed by atoms with Gasteiger partial charge in [0.05, 0.1) is 7.11 Å². The van der Waals surface area contributed by atoms with Gasteiger partial charge in [0, 0.05) is 6.42 Å². The maximum absolute atomic E-state index is 11.9. The van der Waals surface area contributed by atoms with Gasteiger partial charge in [0.25, 0.3) is 5.91 Å². The summed E-state index contributed by atoms with van der Waals surface area (Å²) >= 11 is 0. The van der Waals surface area contributed by atoms with Crippen LogP contribution in [0.3, 0.4) is 0 Å². The molecule has 0 saturated carbocycles. The molecular weight excluding hydrogens is 345 g/mol. The molecule has 0 bridgehead atoms. The lowest BCUT2D eigenvalue weighted by molar-refractivity contribution is -0.148. The van der Waals surface area contributed by atoms with E-state index in [0.717, 1.165) is 5.56 Å². The van der Waals surface area contributed by atoms with Crippen molar-refractivity contribution in [3.63, 3.8) is 0 Å². The van der Waals surface area contributed by atoms with Crippen molar-refractivity contribution in [2.45, 2.75) is 19.0 Å². The monoisotopic (exact) mass is 362 g/mol. The highest BCUT2D eigenvalue weighted by molar-refractivity contribution is 5.95. The molecule has 0 fully saturated rings. The number of esters is 1. The van der Waals surface area contributed by atoms with Gasteiger partial charge in [0.1, 0.15) is 12.3 Å². The van der Waals surface area contributed by atoms with E-state index in [9.17, 15) is 27.6 Å². The van der Waals surface area contributed by atoms with E-state index in [0.29, 0.717) is 12.2 Å². The standard InChI is InChI=1S/C15H17F3N2O5/c1-24-11-5-2-10(3-6-11)4-7-13(22)25-8-12(21)20-14(23)19-9-15(16,17)18/h2-3,5-6H,4,7-9H2,1H3,(H2,19,20,21,23). The molecule has 0 aromatic heterocycles. The molecule has 0 unspecified atom stereocenters. The Labute approximate surface area is 141 Å². The number of methoxy groups -OCH3 is 1. The molecule has 138 valence electrons. The SMILES string of the molecule is COc1ccc(CCC(=O)OCC(=O)NC(=O)NCC(F)(F)F)cc1. The van der Waals surface area contributed by atoms with Crippen LogP contribution in [-0.2, 0) is 20.7 Å². The zero-order valence-electron chi connectivity index (χ0n) is 13.3. The van der Waals surface area contributed by atoms with E-state index in [-0.39, 0.29) is 6.42 Å². The summed E-state index contributed by atoms with van der Waals surface area (Å²) in [6.45, 7) is -2.34. The quantitative estimate of drug-likeness (QED) is 0.718. The van der Waals surface area contributed by atoms with Crippen molar-refractivity contribution < 1.29 is 37.0 Å². The number of imide groups is 1. The number of hydrogen-bond acceptors (Lipinski definition) is 5. The Morgan fingerprint density at radius 1 is 1.12 bits per heavy atom. The minimum absolute atomic E-state index is 0.000120. The first-order chi connectivity index (χ1) is 11.7. The molecule has 0 saturated heterocycles. The normalized spacial score (nSPS) is 10.7. The van der Waals surface area contributed by atoms with Crippen LogP contribution < -0.4 is 15.4 Å². The first-order valence-corrected chi connectivity index (χ1v) is 7.12. The number of nitrogens with one attached hydrogen (secondary N) is 2. The van der Waals surface area contributed by atoms with E-state index in [4.69, 9.17) is 4.74 Å². The van der Waals surface area contributed by atoms with E-state index in [1.807, 2.05) is 0 Å². The van der Waals surface area contributed by atoms with Crippen LogP contribution in [0, 0.1) is 0 Å². The van der Waals surface area contributed by atoms with Crippen LogP contribution in [0.25, 0.3) is 0 Å². The Morgan fingerprint density at radius 2 is 1.76 bits per heavy atom. The maximum Gasteiger partial charge on any atom is 0.405 e. The Hall–Kier alpha value is -2.78. The van der Waals surface area contributed by atoms with Crippen LogP contribution in [0.15, 0.2) is 24.3 Å². The molecule has 0 aliphatic carbocycles. The zero-order chi connectivity index (χ0) is 18.9. The van der Waals surface area contributed by atoms with Crippen LogP contribution in [0.4, 0.5) is 18.0 Å². The minimum atomic E-state index is -4.59. The van der Waals surface area contributed by atoms with E-state index >= 15 is 0 Å². The van der Waals surface area contributed by atoms with E-state index in [2.05, 4.69) is 4.74 Å². The van der Waals surface area contributed by atoms with Crippen LogP contribution >= 0.6 is 0 Å². The number of carbonyl (C=O) groups excluding carboxylic acids is 3. The minimum Gasteiger partial charge on any atom is -0.497 e. The highest BCUT2D eigenvalue weighted by Crippen LogP contribution is 2.13. The van der Waals surface area contributed by atoms with Crippen LogP contribution in [0.5, 0.6) is 5.75 Å². The van der Waals surface area contributed by atoms with Gasteiger partial charge in [-0.1, -0.05) is 12.1 Å². The average molecular weight is 362 g/mol. The lowest BCUT2D eigenvalue weighted by Crippen LogP contribution is -2.44. The number of urea groups is 1. The molecule has 1 aromatic carbocycles. The molecule has 1 rings (SSSR count). The molecule has 3 amide bonds. The predicted octanol–water partition coefficient (Wildman–Crippen LogP) is 1.56. The van der Waals surface area contributed by atoms with Crippen molar-refractivity contribution in [1.82, 2.24) is 10.6 Å². The summed E-state index contributed by atoms with van der Waals surface area (Å²) in [7, 11) is 1.53. The van der Waals surface area contributed by atoms with Gasteiger partial charge in [-0.05, 0) is 24.1 Å². The Morgan fingerprint density at radius 3 is 2.32 bits per heavy atom. The first kappa shape index (κ1) is 20.3. The number of ether oxygens (including phenoxy) is 2. The topological polar surface area (TPSA) is 93.7 Å². The molecule has 0 aliphatic rings. The molecule has 0 heterocycles. The van der Waals surface area contributed by atoms with E-state index in [1.165, 1.54) is 12.4 Å². The van der Waals surface area contributed by atoms with Crippen LogP contribution in [0.2, 0.25) is 0 Å². The maximum atomic E-state index is 11.9. The first-order valence-electron chi connectivity index (χ1n) is 7.12. The van der Waals surface area contributed by atoms with Gasteiger partial charge < -0.3 is 14.8 Å². The molecule has 0 spiro atoms. The van der Waals surface area contributed by atoms with Gasteiger partial charge in [-0.2, -0.15) is 13.2 Å². The summed E-state index contributed by atoms with van der Waals surface area (Å²) in [5.74, 6) is -1.04. The third-order valence-electron chi connectivity index (χ3n) is 2.84. The second kappa shape index (κ2) is 9.50. The molecule has 1 aromatic rings. The van der Waals surface area contributed by atoms with Crippen molar-refractivity contribution in [2.24, 2.45) is 0 Å². The molecule has 10 heteroatoms. The zero-order valence-corrected chi connectivity index (χ0v) is 13.3. The van der Waals surface area contributed by atoms with Crippen LogP contribution in [0.1, 0.15) is 12.0 Å². The fraction of sp³-hybridized carbons (Fsp3) is 0.400. The highest BCUT2D eigenvalue weighted by atomic mass is 19.4. The largest absolute Gasteiger partial charge is 0.497 e. The smallest absolute Gasteiger partial charge is 0.405 e. The van der Waals surface area contributed by atoms with Crippen LogP contribution in [-0.4, -0.2) is 44.3 Å². The number of amides is 3. The number of alkyl halides is 3. The molecule has 7 nitrogen and oxygen atoms in total. The summed E-state index contributed by atoms with van der Waals surface area (Å²) in [5, 5.41) is 3.06. The van der Waals surface area contributed by atoms with Gasteiger partial charge in [-0.15, -0.1) is 0 Å². The number of halogens is 3. The lowest BCUT2D eigenvalue weighted by atomic mass is 10.1. The summed E-state index contributed by atoms with van der Waals surface area (Å²) in [4.78, 5) is 33.8. The summed E-state index contributed by atoms with van der Waals surface area (Å²) < 4.78 is 45.2. The van der Waals surface area contributed by atoms with Crippen molar-refractivity contribution in [1.29, 1.82) is 0 Å². The number of aryl methyl sites for hydroxylation is 1. The fourth-order valence-corrected chi connectivity index (χ4v) is 1.64. The Balaban J connectivity index is 2.24. The molecule has 25 heavy (non-hydrogen) atoms. The van der Waals surface area contributed by atoms with Crippen molar-refractivity contribution >= 4 is 17.9 Å². The summed E-state index contributed by atoms with van der Waals surface area (Å²) in [6, 6.07) is 5.67. The van der Waals surface area contributed by atoms with Gasteiger partial charge in [-0.25, -0.2) is 4.79 Å². The number of carbonyl (C=O) groups is 3. The van der Waals surface area contributed by atoms with Crippen molar-refractivity contribution in [3.05, 3.63) is 29.8 Å². The second-order valence-corrected chi connectivity index (χ2v) is 4.85. The molecule has 0 aliphatic heterocycles. The molecule has 0 atom stereocenters. The van der Waals surface area contributed by atoms with Crippen molar-refractivity contribution in [2.75, 3.05) is 20.3 Å². The molecular formula is C15H17F3N2O5. The lowest BCUT2D eigenvalue weighted by Gasteiger charge is -2.09. The van der Waals surface area contributed by atoms with Gasteiger partial charge in [0.15, 0.2) is 6.61 Å². The highest BCUT2D eigenvalue weighted by Gasteiger charge is 2.28. The predicted molar refractivity (Wildman–Crippen MR) is 79.9 cm³/mol. The Kier molecular flexibility index (Phi) is 7.70. The second-order valence-electron chi connectivity index (χ2n) is 4.85. The Bertz CT molecular complexity index is 602. The number of benzene rings is 1. The van der Waals surface area contributed by atoms with E-state index in [1.54, 1.807) is 29.6 Å². The van der Waals surface area contributed by atoms with Gasteiger partial charge >= 0.3 is 18.2 Å². The summed E-state index contributed by atoms with van der Waals surface area (Å²) in [5.41, 5.74) is 0.855. The van der Waals surface area contributed by atoms with E-state index < -0.39 is 37.2 Å². The van der Waals surface area contributed by atoms with Gasteiger partial charge in [0.2, 0.25) is 0 Å². The fourth-order valence-electron chi connectivity index (χ4n) is 1.64. The molecule has 2 N–H and O–H groups in total. The number of hydrogen-bond donors (Lipinski definition) is 2. The third-order valence-corrected chi connectivity index (χ3v) is 2.84. The summed E-state index contributed by atoms with van der Waals surface area (Å²) in [6.07, 6.45) is -4.22. The average Bonchev–Trinajstić information content (AvgIpc) is 2.56. The molecule has 0 radical (unpaired) electrons. The number of rotatable bonds is 7. The van der Waals surface area contributed by atoms with Crippen molar-refractivity contribution in [3.8, 4) is 5.75 Å². The third kappa shape index (κ3) is 9.18. The van der Waals surface area contributed by atoms with Gasteiger partial charge in [-0.3, -0.25) is 14.9 Å².